The number of esters is 1. The normalized spacial score (nSPS) is 14.6. The molecule has 182 valence electrons. The van der Waals surface area contributed by atoms with E-state index in [-0.39, 0.29) is 17.3 Å². The minimum absolute atomic E-state index is 0.0302. The SMILES string of the molecule is COC(=O)c1ccc(COc2cccc(C=C3C(=O)NC(=S)N(c4ccc(C)c(C)c4)C3=O)c2)cc1. The molecule has 3 aromatic carbocycles. The maximum absolute atomic E-state index is 13.3. The number of thiocarbonyl (C=S) groups is 1. The Morgan fingerprint density at radius 1 is 1.00 bits per heavy atom. The number of rotatable bonds is 6. The van der Waals surface area contributed by atoms with Gasteiger partial charge in [0.15, 0.2) is 5.11 Å². The molecule has 1 saturated heterocycles. The van der Waals surface area contributed by atoms with Crippen LogP contribution < -0.4 is 15.0 Å². The third-order valence-electron chi connectivity index (χ3n) is 5.80. The number of aryl methyl sites for hydroxylation is 2. The van der Waals surface area contributed by atoms with E-state index in [0.717, 1.165) is 16.7 Å². The van der Waals surface area contributed by atoms with Crippen LogP contribution in [0.1, 0.15) is 32.6 Å². The zero-order valence-corrected chi connectivity index (χ0v) is 20.8. The average molecular weight is 501 g/mol. The molecule has 1 fully saturated rings. The summed E-state index contributed by atoms with van der Waals surface area (Å²) < 4.78 is 10.6. The van der Waals surface area contributed by atoms with Crippen molar-refractivity contribution < 1.29 is 23.9 Å². The molecule has 1 aliphatic heterocycles. The van der Waals surface area contributed by atoms with Crippen LogP contribution >= 0.6 is 12.2 Å². The molecule has 8 heteroatoms. The van der Waals surface area contributed by atoms with Crippen LogP contribution in [0, 0.1) is 13.8 Å². The van der Waals surface area contributed by atoms with Crippen molar-refractivity contribution in [2.24, 2.45) is 0 Å². The molecule has 4 rings (SSSR count). The molecule has 0 bridgehead atoms. The Labute approximate surface area is 214 Å². The van der Waals surface area contributed by atoms with Gasteiger partial charge in [-0.15, -0.1) is 0 Å². The van der Waals surface area contributed by atoms with E-state index >= 15 is 0 Å². The minimum atomic E-state index is -0.554. The monoisotopic (exact) mass is 500 g/mol. The standard InChI is InChI=1S/C28H24N2O5S/c1-17-7-12-22(13-18(17)2)30-26(32)24(25(31)29-28(30)36)15-20-5-4-6-23(14-20)35-16-19-8-10-21(11-9-19)27(33)34-3/h4-15H,16H2,1-3H3,(H,29,31,36). The predicted octanol–water partition coefficient (Wildman–Crippen LogP) is 4.50. The van der Waals surface area contributed by atoms with Crippen LogP contribution in [-0.4, -0.2) is 30.0 Å². The van der Waals surface area contributed by atoms with Crippen molar-refractivity contribution >= 4 is 46.9 Å². The van der Waals surface area contributed by atoms with Gasteiger partial charge in [-0.3, -0.25) is 19.8 Å². The molecule has 0 saturated carbocycles. The number of carbonyl (C=O) groups excluding carboxylic acids is 3. The average Bonchev–Trinajstić information content (AvgIpc) is 2.87. The molecule has 0 spiro atoms. The third-order valence-corrected chi connectivity index (χ3v) is 6.08. The van der Waals surface area contributed by atoms with Gasteiger partial charge in [-0.25, -0.2) is 4.79 Å². The Kier molecular flexibility index (Phi) is 7.26. The fourth-order valence-electron chi connectivity index (χ4n) is 3.64. The number of nitrogens with zero attached hydrogens (tertiary/aromatic N) is 1. The highest BCUT2D eigenvalue weighted by atomic mass is 32.1. The molecule has 0 atom stereocenters. The second-order valence-electron chi connectivity index (χ2n) is 8.28. The summed E-state index contributed by atoms with van der Waals surface area (Å²) in [4.78, 5) is 38.8. The lowest BCUT2D eigenvalue weighted by molar-refractivity contribution is -0.122. The van der Waals surface area contributed by atoms with E-state index in [2.05, 4.69) is 5.32 Å². The van der Waals surface area contributed by atoms with E-state index in [1.54, 1.807) is 54.6 Å². The largest absolute Gasteiger partial charge is 0.489 e. The number of ether oxygens (including phenoxy) is 2. The van der Waals surface area contributed by atoms with E-state index in [4.69, 9.17) is 21.7 Å². The van der Waals surface area contributed by atoms with Crippen molar-refractivity contribution in [3.63, 3.8) is 0 Å². The summed E-state index contributed by atoms with van der Waals surface area (Å²) >= 11 is 5.29. The summed E-state index contributed by atoms with van der Waals surface area (Å²) in [7, 11) is 1.33. The second kappa shape index (κ2) is 10.5. The smallest absolute Gasteiger partial charge is 0.337 e. The van der Waals surface area contributed by atoms with E-state index in [9.17, 15) is 14.4 Å². The molecule has 2 amide bonds. The zero-order chi connectivity index (χ0) is 25.8. The summed E-state index contributed by atoms with van der Waals surface area (Å²) in [5, 5.41) is 2.65. The number of anilines is 1. The highest BCUT2D eigenvalue weighted by Crippen LogP contribution is 2.25. The molecule has 0 unspecified atom stereocenters. The van der Waals surface area contributed by atoms with Crippen LogP contribution in [0.2, 0.25) is 0 Å². The van der Waals surface area contributed by atoms with Crippen LogP contribution in [0.3, 0.4) is 0 Å². The Morgan fingerprint density at radius 2 is 1.75 bits per heavy atom. The Morgan fingerprint density at radius 3 is 2.44 bits per heavy atom. The number of methoxy groups -OCH3 is 1. The summed E-state index contributed by atoms with van der Waals surface area (Å²) in [6.45, 7) is 4.20. The first-order valence-electron chi connectivity index (χ1n) is 11.2. The summed E-state index contributed by atoms with van der Waals surface area (Å²) in [5.41, 5.74) is 4.61. The first-order valence-corrected chi connectivity index (χ1v) is 11.6. The number of carbonyl (C=O) groups is 3. The molecule has 7 nitrogen and oxygen atoms in total. The molecule has 3 aromatic rings. The van der Waals surface area contributed by atoms with Gasteiger partial charge >= 0.3 is 5.97 Å². The van der Waals surface area contributed by atoms with Gasteiger partial charge in [0.05, 0.1) is 18.4 Å². The highest BCUT2D eigenvalue weighted by Gasteiger charge is 2.34. The van der Waals surface area contributed by atoms with Crippen LogP contribution in [-0.2, 0) is 20.9 Å². The number of amides is 2. The van der Waals surface area contributed by atoms with E-state index in [1.165, 1.54) is 18.1 Å². The molecule has 1 aliphatic rings. The van der Waals surface area contributed by atoms with Gasteiger partial charge in [0, 0.05) is 0 Å². The van der Waals surface area contributed by atoms with Gasteiger partial charge in [0.2, 0.25) is 0 Å². The van der Waals surface area contributed by atoms with Crippen molar-refractivity contribution in [3.05, 3.63) is 100 Å². The molecular weight excluding hydrogens is 476 g/mol. The number of nitrogens with one attached hydrogen (secondary N) is 1. The van der Waals surface area contributed by atoms with Gasteiger partial charge in [-0.2, -0.15) is 0 Å². The fraction of sp³-hybridized carbons (Fsp3) is 0.143. The molecule has 0 aliphatic carbocycles. The molecular formula is C28H24N2O5S. The van der Waals surface area contributed by atoms with Crippen molar-refractivity contribution in [1.29, 1.82) is 0 Å². The lowest BCUT2D eigenvalue weighted by Gasteiger charge is -2.29. The Hall–Kier alpha value is -4.30. The van der Waals surface area contributed by atoms with Gasteiger partial charge in [0.1, 0.15) is 17.9 Å². The molecule has 1 heterocycles. The van der Waals surface area contributed by atoms with Crippen LogP contribution in [0.5, 0.6) is 5.75 Å². The van der Waals surface area contributed by atoms with E-state index < -0.39 is 17.8 Å². The summed E-state index contributed by atoms with van der Waals surface area (Å²) in [6.07, 6.45) is 1.52. The molecule has 1 N–H and O–H groups in total. The maximum Gasteiger partial charge on any atom is 0.337 e. The third kappa shape index (κ3) is 5.34. The first kappa shape index (κ1) is 24.8. The number of benzene rings is 3. The minimum Gasteiger partial charge on any atom is -0.489 e. The van der Waals surface area contributed by atoms with E-state index in [1.807, 2.05) is 26.0 Å². The fourth-order valence-corrected chi connectivity index (χ4v) is 3.92. The van der Waals surface area contributed by atoms with Gasteiger partial charge in [0.25, 0.3) is 11.8 Å². The molecule has 0 radical (unpaired) electrons. The van der Waals surface area contributed by atoms with Gasteiger partial charge in [-0.1, -0.05) is 30.3 Å². The van der Waals surface area contributed by atoms with Crippen LogP contribution in [0.4, 0.5) is 5.69 Å². The quantitative estimate of drug-likeness (QED) is 0.232. The topological polar surface area (TPSA) is 84.9 Å². The molecule has 36 heavy (non-hydrogen) atoms. The lowest BCUT2D eigenvalue weighted by atomic mass is 10.1. The lowest BCUT2D eigenvalue weighted by Crippen LogP contribution is -2.54. The Balaban J connectivity index is 1.53. The first-order chi connectivity index (χ1) is 17.3. The van der Waals surface area contributed by atoms with Crippen molar-refractivity contribution in [1.82, 2.24) is 5.32 Å². The van der Waals surface area contributed by atoms with Crippen LogP contribution in [0.25, 0.3) is 6.08 Å². The van der Waals surface area contributed by atoms with Crippen molar-refractivity contribution in [2.45, 2.75) is 20.5 Å². The zero-order valence-electron chi connectivity index (χ0n) is 20.0. The van der Waals surface area contributed by atoms with E-state index in [0.29, 0.717) is 22.6 Å². The summed E-state index contributed by atoms with van der Waals surface area (Å²) in [5.74, 6) is -0.890. The molecule has 0 aromatic heterocycles. The number of hydrogen-bond donors (Lipinski definition) is 1. The van der Waals surface area contributed by atoms with Crippen molar-refractivity contribution in [3.8, 4) is 5.75 Å². The number of hydrogen-bond acceptors (Lipinski definition) is 6. The second-order valence-corrected chi connectivity index (χ2v) is 8.66. The van der Waals surface area contributed by atoms with Crippen molar-refractivity contribution in [2.75, 3.05) is 12.0 Å². The van der Waals surface area contributed by atoms with Gasteiger partial charge < -0.3 is 9.47 Å². The highest BCUT2D eigenvalue weighted by molar-refractivity contribution is 7.80. The maximum atomic E-state index is 13.3. The predicted molar refractivity (Wildman–Crippen MR) is 141 cm³/mol. The Bertz CT molecular complexity index is 1400. The van der Waals surface area contributed by atoms with Crippen LogP contribution in [0.15, 0.2) is 72.3 Å². The van der Waals surface area contributed by atoms with Gasteiger partial charge in [-0.05, 0) is 90.8 Å². The summed E-state index contributed by atoms with van der Waals surface area (Å²) in [6, 6.07) is 19.6.